The van der Waals surface area contributed by atoms with Gasteiger partial charge in [-0.1, -0.05) is 43.7 Å². The van der Waals surface area contributed by atoms with Crippen LogP contribution in [0.3, 0.4) is 0 Å². The normalized spacial score (nSPS) is 16.1. The van der Waals surface area contributed by atoms with Crippen LogP contribution in [0.5, 0.6) is 0 Å². The molecule has 1 fully saturated rings. The van der Waals surface area contributed by atoms with Crippen LogP contribution in [0, 0.1) is 18.3 Å². The Bertz CT molecular complexity index is 325. The average molecular weight is 187 g/mol. The van der Waals surface area contributed by atoms with E-state index in [1.165, 1.54) is 11.1 Å². The van der Waals surface area contributed by atoms with Crippen LogP contribution in [0.2, 0.25) is 0 Å². The minimum Gasteiger partial charge on any atom is -0.197 e. The largest absolute Gasteiger partial charge is 0.197 e. The summed E-state index contributed by atoms with van der Waals surface area (Å²) in [7, 11) is 0. The number of hydrogen-bond acceptors (Lipinski definition) is 1. The number of benzene rings is 1. The molecule has 0 bridgehead atoms. The van der Waals surface area contributed by atoms with Crippen molar-refractivity contribution in [1.82, 2.24) is 0 Å². The molecule has 1 aliphatic carbocycles. The standard InChI is InChI=1S/C11H11N.C2H6/c1-9-2-4-10(5-3-9)11(8-12)6-7-11;1-2/h2-5H,6-7H2,1H3;1-2H3. The fourth-order valence-corrected chi connectivity index (χ4v) is 1.46. The van der Waals surface area contributed by atoms with Crippen molar-refractivity contribution in [1.29, 1.82) is 5.26 Å². The topological polar surface area (TPSA) is 23.8 Å². The quantitative estimate of drug-likeness (QED) is 0.659. The molecule has 1 saturated carbocycles. The van der Waals surface area contributed by atoms with Crippen LogP contribution in [0.1, 0.15) is 37.8 Å². The lowest BCUT2D eigenvalue weighted by molar-refractivity contribution is 0.907. The van der Waals surface area contributed by atoms with Crippen molar-refractivity contribution in [3.8, 4) is 6.07 Å². The highest BCUT2D eigenvalue weighted by Crippen LogP contribution is 2.47. The van der Waals surface area contributed by atoms with E-state index in [1.54, 1.807) is 0 Å². The molecule has 74 valence electrons. The van der Waals surface area contributed by atoms with Gasteiger partial charge in [0.25, 0.3) is 0 Å². The number of hydrogen-bond donors (Lipinski definition) is 0. The molecule has 0 saturated heterocycles. The second-order valence-electron chi connectivity index (χ2n) is 3.56. The van der Waals surface area contributed by atoms with Gasteiger partial charge in [0.15, 0.2) is 0 Å². The van der Waals surface area contributed by atoms with E-state index in [9.17, 15) is 0 Å². The molecule has 0 unspecified atom stereocenters. The maximum atomic E-state index is 8.93. The molecule has 1 nitrogen and oxygen atoms in total. The van der Waals surface area contributed by atoms with Gasteiger partial charge in [0.1, 0.15) is 0 Å². The maximum Gasteiger partial charge on any atom is 0.0823 e. The van der Waals surface area contributed by atoms with E-state index in [0.717, 1.165) is 12.8 Å². The van der Waals surface area contributed by atoms with Crippen LogP contribution in [-0.4, -0.2) is 0 Å². The summed E-state index contributed by atoms with van der Waals surface area (Å²) in [6.07, 6.45) is 2.07. The molecule has 2 rings (SSSR count). The zero-order chi connectivity index (χ0) is 10.6. The number of rotatable bonds is 1. The van der Waals surface area contributed by atoms with Gasteiger partial charge in [0.2, 0.25) is 0 Å². The van der Waals surface area contributed by atoms with E-state index in [4.69, 9.17) is 5.26 Å². The average Bonchev–Trinajstić information content (AvgIpc) is 3.03. The Balaban J connectivity index is 0.000000461. The maximum absolute atomic E-state index is 8.93. The van der Waals surface area contributed by atoms with Gasteiger partial charge >= 0.3 is 0 Å². The van der Waals surface area contributed by atoms with Crippen LogP contribution in [0.15, 0.2) is 24.3 Å². The summed E-state index contributed by atoms with van der Waals surface area (Å²) >= 11 is 0. The molecule has 0 radical (unpaired) electrons. The van der Waals surface area contributed by atoms with E-state index >= 15 is 0 Å². The smallest absolute Gasteiger partial charge is 0.0823 e. The molecule has 0 atom stereocenters. The van der Waals surface area contributed by atoms with E-state index in [0.29, 0.717) is 0 Å². The number of nitrogens with zero attached hydrogens (tertiary/aromatic N) is 1. The molecule has 0 amide bonds. The highest BCUT2D eigenvalue weighted by molar-refractivity contribution is 5.39. The molecule has 1 aromatic carbocycles. The molecule has 1 aliphatic rings. The van der Waals surface area contributed by atoms with E-state index < -0.39 is 0 Å². The van der Waals surface area contributed by atoms with Gasteiger partial charge in [-0.05, 0) is 25.3 Å². The fraction of sp³-hybridized carbons (Fsp3) is 0.462. The summed E-state index contributed by atoms with van der Waals surface area (Å²) in [6, 6.07) is 10.7. The van der Waals surface area contributed by atoms with Crippen LogP contribution >= 0.6 is 0 Å². The van der Waals surface area contributed by atoms with Gasteiger partial charge in [-0.3, -0.25) is 0 Å². The zero-order valence-corrected chi connectivity index (χ0v) is 9.17. The minimum atomic E-state index is -0.117. The van der Waals surface area contributed by atoms with E-state index in [-0.39, 0.29) is 5.41 Å². The first-order valence-corrected chi connectivity index (χ1v) is 5.25. The SMILES string of the molecule is CC.Cc1ccc(C2(C#N)CC2)cc1. The molecule has 0 aliphatic heterocycles. The monoisotopic (exact) mass is 187 g/mol. The Morgan fingerprint density at radius 2 is 1.64 bits per heavy atom. The lowest BCUT2D eigenvalue weighted by Gasteiger charge is -2.04. The van der Waals surface area contributed by atoms with E-state index in [1.807, 2.05) is 13.8 Å². The summed E-state index contributed by atoms with van der Waals surface area (Å²) in [4.78, 5) is 0. The molecule has 0 aromatic heterocycles. The zero-order valence-electron chi connectivity index (χ0n) is 9.17. The van der Waals surface area contributed by atoms with E-state index in [2.05, 4.69) is 37.3 Å². The highest BCUT2D eigenvalue weighted by Gasteiger charge is 2.44. The van der Waals surface area contributed by atoms with Crippen LogP contribution in [0.4, 0.5) is 0 Å². The van der Waals surface area contributed by atoms with Gasteiger partial charge < -0.3 is 0 Å². The first-order valence-electron chi connectivity index (χ1n) is 5.25. The summed E-state index contributed by atoms with van der Waals surface area (Å²) in [6.45, 7) is 6.07. The number of nitriles is 1. The van der Waals surface area contributed by atoms with Crippen molar-refractivity contribution in [3.05, 3.63) is 35.4 Å². The first kappa shape index (κ1) is 10.8. The predicted molar refractivity (Wildman–Crippen MR) is 59.1 cm³/mol. The molecule has 0 heterocycles. The van der Waals surface area contributed by atoms with Gasteiger partial charge in [-0.2, -0.15) is 5.26 Å². The Morgan fingerprint density at radius 3 is 2.00 bits per heavy atom. The van der Waals surface area contributed by atoms with Gasteiger partial charge in [0, 0.05) is 0 Å². The second-order valence-corrected chi connectivity index (χ2v) is 3.56. The lowest BCUT2D eigenvalue weighted by Crippen LogP contribution is -2.01. The van der Waals surface area contributed by atoms with Gasteiger partial charge in [0.05, 0.1) is 11.5 Å². The van der Waals surface area contributed by atoms with Crippen molar-refractivity contribution in [3.63, 3.8) is 0 Å². The molecule has 1 heteroatoms. The summed E-state index contributed by atoms with van der Waals surface area (Å²) in [5, 5.41) is 8.93. The predicted octanol–water partition coefficient (Wildman–Crippen LogP) is 3.58. The molecule has 14 heavy (non-hydrogen) atoms. The van der Waals surface area contributed by atoms with Crippen LogP contribution in [0.25, 0.3) is 0 Å². The van der Waals surface area contributed by atoms with Crippen LogP contribution < -0.4 is 0 Å². The van der Waals surface area contributed by atoms with Gasteiger partial charge in [-0.15, -0.1) is 0 Å². The third-order valence-corrected chi connectivity index (χ3v) is 2.57. The summed E-state index contributed by atoms with van der Waals surface area (Å²) in [5.41, 5.74) is 2.33. The molecule has 0 spiro atoms. The minimum absolute atomic E-state index is 0.117. The Labute approximate surface area is 86.4 Å². The van der Waals surface area contributed by atoms with Crippen molar-refractivity contribution in [2.75, 3.05) is 0 Å². The molecule has 0 N–H and O–H groups in total. The molecular formula is C13H17N. The second kappa shape index (κ2) is 4.28. The molecule has 1 aromatic rings. The fourth-order valence-electron chi connectivity index (χ4n) is 1.46. The third-order valence-electron chi connectivity index (χ3n) is 2.57. The number of aryl methyl sites for hydroxylation is 1. The van der Waals surface area contributed by atoms with Crippen molar-refractivity contribution >= 4 is 0 Å². The van der Waals surface area contributed by atoms with Crippen LogP contribution in [-0.2, 0) is 5.41 Å². The lowest BCUT2D eigenvalue weighted by atomic mass is 9.97. The third kappa shape index (κ3) is 1.96. The van der Waals surface area contributed by atoms with Crippen molar-refractivity contribution < 1.29 is 0 Å². The highest BCUT2D eigenvalue weighted by atomic mass is 14.5. The Hall–Kier alpha value is -1.29. The first-order chi connectivity index (χ1) is 6.77. The molecular weight excluding hydrogens is 170 g/mol. The summed E-state index contributed by atoms with van der Waals surface area (Å²) < 4.78 is 0. The van der Waals surface area contributed by atoms with Crippen molar-refractivity contribution in [2.24, 2.45) is 0 Å². The summed E-state index contributed by atoms with van der Waals surface area (Å²) in [5.74, 6) is 0. The Kier molecular flexibility index (Phi) is 3.30. The van der Waals surface area contributed by atoms with Gasteiger partial charge in [-0.25, -0.2) is 0 Å². The Morgan fingerprint density at radius 1 is 1.14 bits per heavy atom. The van der Waals surface area contributed by atoms with Crippen molar-refractivity contribution in [2.45, 2.75) is 39.0 Å².